The molecule has 7 nitrogen and oxygen atoms in total. The predicted molar refractivity (Wildman–Crippen MR) is 150 cm³/mol. The monoisotopic (exact) mass is 522 g/mol. The second-order valence-corrected chi connectivity index (χ2v) is 10.7. The van der Waals surface area contributed by atoms with Gasteiger partial charge in [-0.3, -0.25) is 14.3 Å². The third-order valence-electron chi connectivity index (χ3n) is 6.36. The second-order valence-electron chi connectivity index (χ2n) is 9.81. The number of carbonyl (C=O) groups excluding carboxylic acids is 2. The maximum absolute atomic E-state index is 13.1. The van der Waals surface area contributed by atoms with Crippen LogP contribution in [0, 0.1) is 19.8 Å². The summed E-state index contributed by atoms with van der Waals surface area (Å²) < 4.78 is 8.65. The van der Waals surface area contributed by atoms with E-state index in [-0.39, 0.29) is 17.7 Å². The molecule has 8 heteroatoms. The summed E-state index contributed by atoms with van der Waals surface area (Å²) in [6.45, 7) is 10.3. The van der Waals surface area contributed by atoms with Gasteiger partial charge in [-0.25, -0.2) is 0 Å². The third kappa shape index (κ3) is 6.95. The number of likely N-dealkylation sites (N-methyl/N-ethyl adjacent to an activating group) is 1. The molecule has 1 unspecified atom stereocenters. The fourth-order valence-electron chi connectivity index (χ4n) is 4.13. The number of nitrogens with one attached hydrogen (secondary N) is 1. The van der Waals surface area contributed by atoms with E-state index in [1.54, 1.807) is 23.9 Å². The molecule has 0 aliphatic heterocycles. The lowest BCUT2D eigenvalue weighted by molar-refractivity contribution is -0.147. The van der Waals surface area contributed by atoms with Gasteiger partial charge in [0.05, 0.1) is 5.69 Å². The molecule has 3 rings (SSSR count). The lowest BCUT2D eigenvalue weighted by Gasteiger charge is -2.35. The molecule has 198 valence electrons. The van der Waals surface area contributed by atoms with Gasteiger partial charge < -0.3 is 14.3 Å². The molecule has 2 aromatic carbocycles. The van der Waals surface area contributed by atoms with Crippen LogP contribution in [-0.2, 0) is 16.1 Å². The van der Waals surface area contributed by atoms with Gasteiger partial charge in [0.25, 0.3) is 0 Å². The van der Waals surface area contributed by atoms with E-state index in [9.17, 15) is 9.59 Å². The molecule has 0 radical (unpaired) electrons. The van der Waals surface area contributed by atoms with Crippen LogP contribution in [0.25, 0.3) is 11.1 Å². The highest BCUT2D eigenvalue weighted by atomic mass is 32.2. The van der Waals surface area contributed by atoms with Gasteiger partial charge in [0.2, 0.25) is 17.7 Å². The van der Waals surface area contributed by atoms with Crippen LogP contribution in [0.4, 0.5) is 5.88 Å². The molecular formula is C29H38N4O3S. The highest BCUT2D eigenvalue weighted by molar-refractivity contribution is 8.00. The number of amides is 2. The number of nitrogens with zero attached hydrogens (tertiary/aromatic N) is 3. The number of carbonyl (C=O) groups is 2. The van der Waals surface area contributed by atoms with Crippen LogP contribution in [-0.4, -0.2) is 46.9 Å². The molecule has 0 spiro atoms. The van der Waals surface area contributed by atoms with Crippen LogP contribution in [0.3, 0.4) is 0 Å². The summed E-state index contributed by atoms with van der Waals surface area (Å²) in [5.41, 5.74) is 4.99. The molecule has 3 aromatic rings. The average Bonchev–Trinajstić information content (AvgIpc) is 3.19. The third-order valence-corrected chi connectivity index (χ3v) is 7.22. The van der Waals surface area contributed by atoms with Crippen LogP contribution in [0.1, 0.15) is 50.4 Å². The molecule has 0 bridgehead atoms. The molecule has 0 fully saturated rings. The van der Waals surface area contributed by atoms with Gasteiger partial charge in [-0.05, 0) is 60.9 Å². The largest absolute Gasteiger partial charge is 0.347 e. The van der Waals surface area contributed by atoms with Gasteiger partial charge in [0, 0.05) is 37.5 Å². The van der Waals surface area contributed by atoms with Gasteiger partial charge >= 0.3 is 0 Å². The molecule has 1 aromatic heterocycles. The van der Waals surface area contributed by atoms with Crippen LogP contribution < -0.4 is 4.72 Å². The van der Waals surface area contributed by atoms with E-state index in [4.69, 9.17) is 4.52 Å². The van der Waals surface area contributed by atoms with Gasteiger partial charge in [-0.1, -0.05) is 68.4 Å². The van der Waals surface area contributed by atoms with Gasteiger partial charge in [-0.2, -0.15) is 0 Å². The number of anilines is 1. The summed E-state index contributed by atoms with van der Waals surface area (Å²) in [6.07, 6.45) is 1.16. The Balaban J connectivity index is 1.83. The first-order valence-corrected chi connectivity index (χ1v) is 13.5. The standard InChI is InChI=1S/C29H38N4O3S/c1-8-11-26(34)33(27(19(2)3)29(35)32(6)7)18-22-14-16-23(17-15-22)24-12-9-10-13-25(24)37-31-28-20(4)21(5)30-36-28/h9-10,12-17,19,27,31H,8,11,18H2,1-7H3. The fraction of sp³-hybridized carbons (Fsp3) is 0.414. The summed E-state index contributed by atoms with van der Waals surface area (Å²) in [6, 6.07) is 15.9. The Kier molecular flexibility index (Phi) is 9.80. The van der Waals surface area contributed by atoms with Crippen molar-refractivity contribution in [2.24, 2.45) is 5.92 Å². The van der Waals surface area contributed by atoms with Crippen molar-refractivity contribution >= 4 is 29.6 Å². The normalized spacial score (nSPS) is 11.9. The summed E-state index contributed by atoms with van der Waals surface area (Å²) >= 11 is 1.48. The molecular weight excluding hydrogens is 484 g/mol. The number of hydrogen-bond donors (Lipinski definition) is 1. The zero-order valence-corrected chi connectivity index (χ0v) is 23.7. The van der Waals surface area contributed by atoms with Crippen molar-refractivity contribution in [3.8, 4) is 11.1 Å². The van der Waals surface area contributed by atoms with E-state index in [2.05, 4.69) is 34.1 Å². The van der Waals surface area contributed by atoms with Crippen LogP contribution >= 0.6 is 11.9 Å². The second kappa shape index (κ2) is 12.8. The van der Waals surface area contributed by atoms with E-state index < -0.39 is 6.04 Å². The van der Waals surface area contributed by atoms with Crippen LogP contribution in [0.5, 0.6) is 0 Å². The average molecular weight is 523 g/mol. The Labute approximate surface area is 224 Å². The SMILES string of the molecule is CCCC(=O)N(Cc1ccc(-c2ccccc2SNc2onc(C)c2C)cc1)C(C(=O)N(C)C)C(C)C. The predicted octanol–water partition coefficient (Wildman–Crippen LogP) is 6.32. The quantitative estimate of drug-likeness (QED) is 0.297. The minimum absolute atomic E-state index is 0.00293. The smallest absolute Gasteiger partial charge is 0.245 e. The molecule has 0 aliphatic carbocycles. The molecule has 0 saturated carbocycles. The summed E-state index contributed by atoms with van der Waals surface area (Å²) in [4.78, 5) is 30.5. The van der Waals surface area contributed by atoms with Crippen molar-refractivity contribution in [3.05, 3.63) is 65.4 Å². The van der Waals surface area contributed by atoms with Crippen LogP contribution in [0.2, 0.25) is 0 Å². The number of rotatable bonds is 11. The van der Waals surface area contributed by atoms with Crippen LogP contribution in [0.15, 0.2) is 57.9 Å². The number of hydrogen-bond acceptors (Lipinski definition) is 6. The summed E-state index contributed by atoms with van der Waals surface area (Å²) in [7, 11) is 3.48. The minimum Gasteiger partial charge on any atom is -0.347 e. The highest BCUT2D eigenvalue weighted by Gasteiger charge is 2.33. The first-order chi connectivity index (χ1) is 17.6. The van der Waals surface area contributed by atoms with Crippen molar-refractivity contribution in [2.45, 2.75) is 64.9 Å². The lowest BCUT2D eigenvalue weighted by Crippen LogP contribution is -2.51. The highest BCUT2D eigenvalue weighted by Crippen LogP contribution is 2.33. The van der Waals surface area contributed by atoms with Crippen molar-refractivity contribution in [1.82, 2.24) is 15.0 Å². The Morgan fingerprint density at radius 3 is 2.30 bits per heavy atom. The van der Waals surface area contributed by atoms with E-state index >= 15 is 0 Å². The van der Waals surface area contributed by atoms with Crippen molar-refractivity contribution in [3.63, 3.8) is 0 Å². The van der Waals surface area contributed by atoms with Gasteiger partial charge in [-0.15, -0.1) is 0 Å². The Hall–Kier alpha value is -3.26. The van der Waals surface area contributed by atoms with Crippen molar-refractivity contribution < 1.29 is 14.1 Å². The zero-order valence-electron chi connectivity index (χ0n) is 22.9. The maximum atomic E-state index is 13.1. The minimum atomic E-state index is -0.500. The van der Waals surface area contributed by atoms with E-state index in [0.29, 0.717) is 18.8 Å². The lowest BCUT2D eigenvalue weighted by atomic mass is 9.98. The Bertz CT molecular complexity index is 1200. The van der Waals surface area contributed by atoms with Gasteiger partial charge in [0.15, 0.2) is 0 Å². The van der Waals surface area contributed by atoms with Crippen molar-refractivity contribution in [2.75, 3.05) is 18.8 Å². The summed E-state index contributed by atoms with van der Waals surface area (Å²) in [5.74, 6) is 0.609. The Morgan fingerprint density at radius 2 is 1.73 bits per heavy atom. The summed E-state index contributed by atoms with van der Waals surface area (Å²) in [5, 5.41) is 4.01. The number of aromatic nitrogens is 1. The zero-order chi connectivity index (χ0) is 27.1. The first-order valence-electron chi connectivity index (χ1n) is 12.7. The molecule has 1 heterocycles. The molecule has 2 amide bonds. The van der Waals surface area contributed by atoms with E-state index in [1.807, 2.05) is 58.9 Å². The van der Waals surface area contributed by atoms with E-state index in [1.165, 1.54) is 11.9 Å². The van der Waals surface area contributed by atoms with Crippen molar-refractivity contribution in [1.29, 1.82) is 0 Å². The molecule has 1 N–H and O–H groups in total. The van der Waals surface area contributed by atoms with Gasteiger partial charge in [0.1, 0.15) is 6.04 Å². The molecule has 0 aliphatic rings. The first kappa shape index (κ1) is 28.3. The van der Waals surface area contributed by atoms with E-state index in [0.717, 1.165) is 39.3 Å². The Morgan fingerprint density at radius 1 is 1.05 bits per heavy atom. The number of aryl methyl sites for hydroxylation is 1. The molecule has 0 saturated heterocycles. The fourth-order valence-corrected chi connectivity index (χ4v) is 4.97. The molecule has 37 heavy (non-hydrogen) atoms. The maximum Gasteiger partial charge on any atom is 0.245 e. The molecule has 1 atom stereocenters. The topological polar surface area (TPSA) is 78.7 Å². The number of benzene rings is 2.